The fourth-order valence-electron chi connectivity index (χ4n) is 3.10. The molecule has 1 aromatic rings. The minimum Gasteiger partial charge on any atom is -0.481 e. The molecule has 1 saturated heterocycles. The average molecular weight is 333 g/mol. The topological polar surface area (TPSA) is 55.8 Å². The van der Waals surface area contributed by atoms with Crippen molar-refractivity contribution in [3.63, 3.8) is 0 Å². The molecule has 2 unspecified atom stereocenters. The first kappa shape index (κ1) is 18.3. The lowest BCUT2D eigenvalue weighted by Crippen LogP contribution is -2.47. The number of piperidine rings is 1. The van der Waals surface area contributed by atoms with Crippen LogP contribution in [0.2, 0.25) is 0 Å². The maximum atomic E-state index is 12.7. The van der Waals surface area contributed by atoms with Crippen molar-refractivity contribution in [2.24, 2.45) is 5.92 Å². The molecule has 5 heteroatoms. The summed E-state index contributed by atoms with van der Waals surface area (Å²) in [5, 5.41) is 0. The molecule has 1 fully saturated rings. The van der Waals surface area contributed by atoms with E-state index in [0.29, 0.717) is 19.0 Å². The van der Waals surface area contributed by atoms with E-state index in [2.05, 4.69) is 13.8 Å². The minimum atomic E-state index is -0.582. The molecule has 24 heavy (non-hydrogen) atoms. The predicted molar refractivity (Wildman–Crippen MR) is 91.9 cm³/mol. The van der Waals surface area contributed by atoms with Gasteiger partial charge in [0.2, 0.25) is 0 Å². The number of likely N-dealkylation sites (tertiary alicyclic amines) is 1. The molecule has 5 nitrogen and oxygen atoms in total. The van der Waals surface area contributed by atoms with E-state index in [-0.39, 0.29) is 17.8 Å². The normalized spacial score (nSPS) is 19.0. The van der Waals surface area contributed by atoms with Crippen LogP contribution in [0, 0.1) is 5.92 Å². The van der Waals surface area contributed by atoms with Gasteiger partial charge in [-0.2, -0.15) is 0 Å². The molecule has 1 aliphatic rings. The summed E-state index contributed by atoms with van der Waals surface area (Å²) in [6.45, 7) is 7.03. The number of hydrogen-bond acceptors (Lipinski definition) is 4. The zero-order valence-corrected chi connectivity index (χ0v) is 15.0. The van der Waals surface area contributed by atoms with Crippen LogP contribution in [0.1, 0.15) is 45.1 Å². The first-order chi connectivity index (χ1) is 11.4. The Hall–Kier alpha value is -2.04. The summed E-state index contributed by atoms with van der Waals surface area (Å²) >= 11 is 0. The van der Waals surface area contributed by atoms with Crippen molar-refractivity contribution in [2.45, 2.75) is 45.6 Å². The van der Waals surface area contributed by atoms with E-state index in [0.717, 1.165) is 24.2 Å². The molecule has 1 aliphatic heterocycles. The van der Waals surface area contributed by atoms with Gasteiger partial charge in [-0.3, -0.25) is 9.59 Å². The summed E-state index contributed by atoms with van der Waals surface area (Å²) in [4.78, 5) is 26.1. The number of esters is 1. The predicted octanol–water partition coefficient (Wildman–Crippen LogP) is 2.99. The number of carbonyl (C=O) groups excluding carboxylic acids is 2. The monoisotopic (exact) mass is 333 g/mol. The van der Waals surface area contributed by atoms with Gasteiger partial charge in [0.05, 0.1) is 13.0 Å². The number of benzene rings is 1. The van der Waals surface area contributed by atoms with E-state index in [1.807, 2.05) is 24.3 Å². The van der Waals surface area contributed by atoms with Crippen molar-refractivity contribution < 1.29 is 19.1 Å². The number of hydrogen-bond donors (Lipinski definition) is 0. The number of rotatable bonds is 5. The van der Waals surface area contributed by atoms with E-state index in [1.165, 1.54) is 7.11 Å². The third-order valence-electron chi connectivity index (χ3n) is 4.46. The molecular weight excluding hydrogens is 306 g/mol. The SMILES string of the molecule is COC(=O)C1CCCN(C(=O)C(C)Oc2ccccc2C(C)C)C1. The van der Waals surface area contributed by atoms with Crippen LogP contribution >= 0.6 is 0 Å². The number of ether oxygens (including phenoxy) is 2. The van der Waals surface area contributed by atoms with Gasteiger partial charge in [-0.05, 0) is 37.3 Å². The van der Waals surface area contributed by atoms with Crippen LogP contribution in [0.3, 0.4) is 0 Å². The second kappa shape index (κ2) is 8.18. The first-order valence-corrected chi connectivity index (χ1v) is 8.56. The van der Waals surface area contributed by atoms with Crippen LogP contribution in [0.4, 0.5) is 0 Å². The van der Waals surface area contributed by atoms with Gasteiger partial charge >= 0.3 is 5.97 Å². The molecule has 132 valence electrons. The molecule has 0 spiro atoms. The van der Waals surface area contributed by atoms with Crippen molar-refractivity contribution in [2.75, 3.05) is 20.2 Å². The number of nitrogens with zero attached hydrogens (tertiary/aromatic N) is 1. The summed E-state index contributed by atoms with van der Waals surface area (Å²) < 4.78 is 10.7. The molecule has 1 heterocycles. The van der Waals surface area contributed by atoms with Gasteiger partial charge in [0.25, 0.3) is 5.91 Å². The highest BCUT2D eigenvalue weighted by atomic mass is 16.5. The van der Waals surface area contributed by atoms with Crippen molar-refractivity contribution >= 4 is 11.9 Å². The van der Waals surface area contributed by atoms with Gasteiger partial charge in [-0.15, -0.1) is 0 Å². The molecule has 0 N–H and O–H groups in total. The zero-order chi connectivity index (χ0) is 17.7. The Kier molecular flexibility index (Phi) is 6.23. The molecule has 2 atom stereocenters. The lowest BCUT2D eigenvalue weighted by molar-refractivity contribution is -0.150. The number of amides is 1. The first-order valence-electron chi connectivity index (χ1n) is 8.56. The Morgan fingerprint density at radius 2 is 1.92 bits per heavy atom. The van der Waals surface area contributed by atoms with Gasteiger partial charge in [-0.1, -0.05) is 32.0 Å². The lowest BCUT2D eigenvalue weighted by Gasteiger charge is -2.33. The molecule has 1 aromatic carbocycles. The summed E-state index contributed by atoms with van der Waals surface area (Å²) in [5.41, 5.74) is 1.09. The number of methoxy groups -OCH3 is 1. The summed E-state index contributed by atoms with van der Waals surface area (Å²) in [5.74, 6) is 0.508. The number of carbonyl (C=O) groups is 2. The highest BCUT2D eigenvalue weighted by Gasteiger charge is 2.31. The maximum Gasteiger partial charge on any atom is 0.310 e. The summed E-state index contributed by atoms with van der Waals surface area (Å²) in [6.07, 6.45) is 0.990. The molecular formula is C19H27NO4. The molecule has 0 aliphatic carbocycles. The fourth-order valence-corrected chi connectivity index (χ4v) is 3.10. The van der Waals surface area contributed by atoms with Crippen molar-refractivity contribution in [3.05, 3.63) is 29.8 Å². The summed E-state index contributed by atoms with van der Waals surface area (Å²) in [6, 6.07) is 7.80. The van der Waals surface area contributed by atoms with E-state index >= 15 is 0 Å². The maximum absolute atomic E-state index is 12.7. The van der Waals surface area contributed by atoms with E-state index in [9.17, 15) is 9.59 Å². The molecule has 0 aromatic heterocycles. The molecule has 0 radical (unpaired) electrons. The van der Waals surface area contributed by atoms with Crippen LogP contribution in [-0.2, 0) is 14.3 Å². The second-order valence-electron chi connectivity index (χ2n) is 6.60. The van der Waals surface area contributed by atoms with Gasteiger partial charge in [0.15, 0.2) is 6.10 Å². The van der Waals surface area contributed by atoms with E-state index < -0.39 is 6.10 Å². The van der Waals surface area contributed by atoms with Crippen molar-refractivity contribution in [3.8, 4) is 5.75 Å². The van der Waals surface area contributed by atoms with Gasteiger partial charge < -0.3 is 14.4 Å². The Morgan fingerprint density at radius 1 is 1.21 bits per heavy atom. The zero-order valence-electron chi connectivity index (χ0n) is 15.0. The highest BCUT2D eigenvalue weighted by molar-refractivity contribution is 5.82. The average Bonchev–Trinajstić information content (AvgIpc) is 2.60. The third kappa shape index (κ3) is 4.28. The van der Waals surface area contributed by atoms with Crippen LogP contribution in [0.15, 0.2) is 24.3 Å². The van der Waals surface area contributed by atoms with Crippen molar-refractivity contribution in [1.29, 1.82) is 0 Å². The fraction of sp³-hybridized carbons (Fsp3) is 0.579. The second-order valence-corrected chi connectivity index (χ2v) is 6.60. The lowest BCUT2D eigenvalue weighted by atomic mass is 9.98. The van der Waals surface area contributed by atoms with Crippen LogP contribution in [0.25, 0.3) is 0 Å². The largest absolute Gasteiger partial charge is 0.481 e. The Labute approximate surface area is 143 Å². The highest BCUT2D eigenvalue weighted by Crippen LogP contribution is 2.27. The smallest absolute Gasteiger partial charge is 0.310 e. The van der Waals surface area contributed by atoms with E-state index in [1.54, 1.807) is 11.8 Å². The molecule has 2 rings (SSSR count). The minimum absolute atomic E-state index is 0.0813. The van der Waals surface area contributed by atoms with Gasteiger partial charge in [0.1, 0.15) is 5.75 Å². The molecule has 0 saturated carbocycles. The Balaban J connectivity index is 2.03. The van der Waals surface area contributed by atoms with Gasteiger partial charge in [0, 0.05) is 13.1 Å². The van der Waals surface area contributed by atoms with E-state index in [4.69, 9.17) is 9.47 Å². The Morgan fingerprint density at radius 3 is 2.58 bits per heavy atom. The van der Waals surface area contributed by atoms with Gasteiger partial charge in [-0.25, -0.2) is 0 Å². The standard InChI is InChI=1S/C19H27NO4/c1-13(2)16-9-5-6-10-17(16)24-14(3)18(21)20-11-7-8-15(12-20)19(22)23-4/h5-6,9-10,13-15H,7-8,11-12H2,1-4H3. The Bertz CT molecular complexity index is 584. The third-order valence-corrected chi connectivity index (χ3v) is 4.46. The van der Waals surface area contributed by atoms with Crippen LogP contribution in [-0.4, -0.2) is 43.1 Å². The molecule has 0 bridgehead atoms. The van der Waals surface area contributed by atoms with Crippen LogP contribution in [0.5, 0.6) is 5.75 Å². The van der Waals surface area contributed by atoms with Crippen molar-refractivity contribution in [1.82, 2.24) is 4.90 Å². The summed E-state index contributed by atoms with van der Waals surface area (Å²) in [7, 11) is 1.39. The van der Waals surface area contributed by atoms with Crippen LogP contribution < -0.4 is 4.74 Å². The number of para-hydroxylation sites is 1. The molecule has 1 amide bonds. The quantitative estimate of drug-likeness (QED) is 0.777.